The molecule has 0 radical (unpaired) electrons. The zero-order valence-electron chi connectivity index (χ0n) is 35.2. The van der Waals surface area contributed by atoms with Crippen molar-refractivity contribution < 1.29 is 28.7 Å². The minimum atomic E-state index is -0.463. The summed E-state index contributed by atoms with van der Waals surface area (Å²) in [5.74, 6) is 0. The van der Waals surface area contributed by atoms with Gasteiger partial charge in [-0.3, -0.25) is 0 Å². The van der Waals surface area contributed by atoms with E-state index in [0.29, 0.717) is 39.5 Å². The van der Waals surface area contributed by atoms with Crippen LogP contribution in [0.25, 0.3) is 0 Å². The van der Waals surface area contributed by atoms with Gasteiger partial charge in [0, 0.05) is 0 Å². The zero-order chi connectivity index (χ0) is 37.0. The molecule has 6 heteroatoms. The van der Waals surface area contributed by atoms with Crippen LogP contribution < -0.4 is 0 Å². The lowest BCUT2D eigenvalue weighted by Gasteiger charge is -2.32. The van der Waals surface area contributed by atoms with Crippen LogP contribution in [-0.4, -0.2) is 112 Å². The second kappa shape index (κ2) is 35.8. The van der Waals surface area contributed by atoms with Crippen molar-refractivity contribution in [3.8, 4) is 0 Å². The molecule has 302 valence electrons. The van der Waals surface area contributed by atoms with Crippen LogP contribution in [0.2, 0.25) is 0 Å². The number of nitrogens with zero attached hydrogens (tertiary/aromatic N) is 2. The summed E-state index contributed by atoms with van der Waals surface area (Å²) < 4.78 is 13.1. The van der Waals surface area contributed by atoms with E-state index in [1.807, 2.05) is 0 Å². The number of quaternary nitrogens is 2. The summed E-state index contributed by atoms with van der Waals surface area (Å²) in [5.41, 5.74) is 0. The molecule has 6 nitrogen and oxygen atoms in total. The maximum atomic E-state index is 10.5. The Bertz CT molecular complexity index is 618. The van der Waals surface area contributed by atoms with Crippen molar-refractivity contribution in [3.05, 3.63) is 0 Å². The van der Waals surface area contributed by atoms with E-state index >= 15 is 0 Å². The smallest absolute Gasteiger partial charge is 0.126 e. The van der Waals surface area contributed by atoms with Crippen LogP contribution in [0, 0.1) is 0 Å². The average molecular weight is 715 g/mol. The van der Waals surface area contributed by atoms with Gasteiger partial charge >= 0.3 is 0 Å². The van der Waals surface area contributed by atoms with E-state index in [1.165, 1.54) is 180 Å². The van der Waals surface area contributed by atoms with Crippen molar-refractivity contribution in [2.24, 2.45) is 0 Å². The third-order valence-electron chi connectivity index (χ3n) is 10.6. The Morgan fingerprint density at radius 3 is 0.820 bits per heavy atom. The van der Waals surface area contributed by atoms with Crippen LogP contribution in [0.4, 0.5) is 0 Å². The van der Waals surface area contributed by atoms with Gasteiger partial charge < -0.3 is 28.7 Å². The van der Waals surface area contributed by atoms with E-state index in [9.17, 15) is 10.2 Å². The molecule has 0 saturated heterocycles. The second-order valence-corrected chi connectivity index (χ2v) is 17.3. The number of hydrogen-bond acceptors (Lipinski definition) is 4. The number of aliphatic hydroxyl groups is 2. The van der Waals surface area contributed by atoms with Gasteiger partial charge in [0.1, 0.15) is 25.3 Å². The third kappa shape index (κ3) is 37.5. The molecule has 0 bridgehead atoms. The fourth-order valence-electron chi connectivity index (χ4n) is 7.45. The molecule has 0 aromatic carbocycles. The van der Waals surface area contributed by atoms with Gasteiger partial charge in [-0.05, 0) is 25.7 Å². The van der Waals surface area contributed by atoms with E-state index in [1.54, 1.807) is 0 Å². The highest BCUT2D eigenvalue weighted by atomic mass is 16.5. The van der Waals surface area contributed by atoms with Crippen LogP contribution in [0.15, 0.2) is 0 Å². The number of unbranched alkanes of at least 4 members (excludes halogenated alkanes) is 26. The molecule has 0 aliphatic heterocycles. The average Bonchev–Trinajstić information content (AvgIpc) is 3.06. The number of hydrogen-bond donors (Lipinski definition) is 2. The summed E-state index contributed by atoms with van der Waals surface area (Å²) in [6, 6.07) is 0. The monoisotopic (exact) mass is 715 g/mol. The highest BCUT2D eigenvalue weighted by Crippen LogP contribution is 2.15. The first-order chi connectivity index (χ1) is 24.1. The number of likely N-dealkylation sites (N-methyl/N-ethyl adjacent to an activating group) is 2. The third-order valence-corrected chi connectivity index (χ3v) is 10.6. The first-order valence-corrected chi connectivity index (χ1v) is 22.3. The van der Waals surface area contributed by atoms with Gasteiger partial charge in [0.25, 0.3) is 0 Å². The van der Waals surface area contributed by atoms with Crippen molar-refractivity contribution >= 4 is 0 Å². The summed E-state index contributed by atoms with van der Waals surface area (Å²) in [6.45, 7) is 9.79. The molecular formula is C44H94N2O4+2. The van der Waals surface area contributed by atoms with Gasteiger partial charge in [-0.15, -0.1) is 0 Å². The molecule has 0 amide bonds. The first-order valence-electron chi connectivity index (χ1n) is 22.3. The minimum Gasteiger partial charge on any atom is -0.385 e. The number of ether oxygens (including phenoxy) is 2. The normalized spacial score (nSPS) is 13.7. The van der Waals surface area contributed by atoms with Crippen molar-refractivity contribution in [1.29, 1.82) is 0 Å². The SMILES string of the molecule is CCCCCCCCCCCCCCCC[N+](C)(C)CC(O)COCCOCC(O)C[N+](C)(C)CCCCCCCCCCCCCCCC. The molecule has 0 heterocycles. The molecule has 2 unspecified atom stereocenters. The molecule has 0 spiro atoms. The van der Waals surface area contributed by atoms with Crippen LogP contribution in [0.3, 0.4) is 0 Å². The van der Waals surface area contributed by atoms with Crippen molar-refractivity contribution in [2.45, 2.75) is 206 Å². The maximum Gasteiger partial charge on any atom is 0.126 e. The van der Waals surface area contributed by atoms with Gasteiger partial charge in [-0.1, -0.05) is 168 Å². The van der Waals surface area contributed by atoms with Gasteiger partial charge in [0.05, 0.1) is 67.7 Å². The molecular weight excluding hydrogens is 620 g/mol. The first kappa shape index (κ1) is 49.8. The summed E-state index contributed by atoms with van der Waals surface area (Å²) in [4.78, 5) is 0. The largest absolute Gasteiger partial charge is 0.385 e. The van der Waals surface area contributed by atoms with E-state index in [-0.39, 0.29) is 0 Å². The van der Waals surface area contributed by atoms with Crippen molar-refractivity contribution in [3.63, 3.8) is 0 Å². The highest BCUT2D eigenvalue weighted by molar-refractivity contribution is 4.56. The van der Waals surface area contributed by atoms with Gasteiger partial charge in [0.2, 0.25) is 0 Å². The highest BCUT2D eigenvalue weighted by Gasteiger charge is 2.21. The predicted molar refractivity (Wildman–Crippen MR) is 218 cm³/mol. The van der Waals surface area contributed by atoms with Crippen LogP contribution in [0.1, 0.15) is 194 Å². The predicted octanol–water partition coefficient (Wildman–Crippen LogP) is 10.9. The Morgan fingerprint density at radius 1 is 0.360 bits per heavy atom. The Balaban J connectivity index is 3.64. The number of rotatable bonds is 41. The zero-order valence-corrected chi connectivity index (χ0v) is 35.2. The standard InChI is InChI=1S/C44H94N2O4/c1-7-9-11-13-15-17-19-21-23-25-27-29-31-33-35-45(3,4)39-43(47)41-49-37-38-50-42-44(48)40-46(5,6)36-34-32-30-28-26-24-22-20-18-16-14-12-10-8-2/h43-44,47-48H,7-42H2,1-6H3/q+2. The van der Waals surface area contributed by atoms with E-state index in [0.717, 1.165) is 22.1 Å². The Labute approximate surface area is 314 Å². The molecule has 0 aromatic rings. The lowest BCUT2D eigenvalue weighted by molar-refractivity contribution is -0.893. The van der Waals surface area contributed by atoms with Gasteiger partial charge in [-0.25, -0.2) is 0 Å². The van der Waals surface area contributed by atoms with E-state index in [4.69, 9.17) is 9.47 Å². The summed E-state index contributed by atoms with van der Waals surface area (Å²) in [5, 5.41) is 21.1. The van der Waals surface area contributed by atoms with Crippen LogP contribution in [0.5, 0.6) is 0 Å². The maximum absolute atomic E-state index is 10.5. The van der Waals surface area contributed by atoms with Crippen LogP contribution >= 0.6 is 0 Å². The molecule has 2 N–H and O–H groups in total. The lowest BCUT2D eigenvalue weighted by Crippen LogP contribution is -2.47. The fraction of sp³-hybridized carbons (Fsp3) is 1.00. The lowest BCUT2D eigenvalue weighted by atomic mass is 10.0. The van der Waals surface area contributed by atoms with E-state index < -0.39 is 12.2 Å². The van der Waals surface area contributed by atoms with Gasteiger partial charge in [0.15, 0.2) is 0 Å². The summed E-state index contributed by atoms with van der Waals surface area (Å²) in [6.07, 6.45) is 37.8. The fourth-order valence-corrected chi connectivity index (χ4v) is 7.45. The van der Waals surface area contributed by atoms with E-state index in [2.05, 4.69) is 42.0 Å². The molecule has 50 heavy (non-hydrogen) atoms. The van der Waals surface area contributed by atoms with Crippen molar-refractivity contribution in [1.82, 2.24) is 0 Å². The summed E-state index contributed by atoms with van der Waals surface area (Å²) in [7, 11) is 8.87. The Hall–Kier alpha value is -0.240. The minimum absolute atomic E-state index is 0.343. The Morgan fingerprint density at radius 2 is 0.580 bits per heavy atom. The molecule has 0 saturated carbocycles. The Kier molecular flexibility index (Phi) is 35.6. The topological polar surface area (TPSA) is 58.9 Å². The van der Waals surface area contributed by atoms with Gasteiger partial charge in [-0.2, -0.15) is 0 Å². The molecule has 2 atom stereocenters. The molecule has 0 rings (SSSR count). The van der Waals surface area contributed by atoms with Crippen LogP contribution in [-0.2, 0) is 9.47 Å². The molecule has 0 aliphatic rings. The molecule has 0 fully saturated rings. The molecule has 0 aliphatic carbocycles. The quantitative estimate of drug-likeness (QED) is 0.0489. The summed E-state index contributed by atoms with van der Waals surface area (Å²) >= 11 is 0. The number of aliphatic hydroxyl groups excluding tert-OH is 2. The molecule has 0 aromatic heterocycles. The second-order valence-electron chi connectivity index (χ2n) is 17.3. The van der Waals surface area contributed by atoms with Crippen molar-refractivity contribution in [2.75, 3.05) is 80.8 Å².